The number of rotatable bonds is 9. The number of benzene rings is 1. The third-order valence-electron chi connectivity index (χ3n) is 6.16. The number of nitrogens with one attached hydrogen (secondary N) is 2. The number of hydrogen-bond acceptors (Lipinski definition) is 4. The second-order valence-electron chi connectivity index (χ2n) is 8.19. The molecule has 3 rings (SSSR count). The standard InChI is InChI=1S/C23H37FN4O2/c1-3-19(30-21-10-6-5-9-20(21)24)17-26-22(25-4-2)27-18-23(11-15-29-16-12-23)28-13-7-8-14-28/h5-6,9-10,19H,3-4,7-8,11-18H2,1-2H3,(H2,25,26,27). The zero-order chi connectivity index (χ0) is 21.2. The van der Waals surface area contributed by atoms with E-state index in [0.717, 1.165) is 64.6 Å². The van der Waals surface area contributed by atoms with E-state index in [2.05, 4.69) is 22.5 Å². The first-order chi connectivity index (χ1) is 14.7. The van der Waals surface area contributed by atoms with Crippen LogP contribution in [0.1, 0.15) is 46.0 Å². The lowest BCUT2D eigenvalue weighted by molar-refractivity contribution is -0.0139. The van der Waals surface area contributed by atoms with E-state index in [0.29, 0.717) is 12.3 Å². The summed E-state index contributed by atoms with van der Waals surface area (Å²) in [5.41, 5.74) is 0.102. The zero-order valence-electron chi connectivity index (χ0n) is 18.5. The number of ether oxygens (including phenoxy) is 2. The van der Waals surface area contributed by atoms with Crippen LogP contribution in [0.5, 0.6) is 5.75 Å². The van der Waals surface area contributed by atoms with E-state index in [-0.39, 0.29) is 17.5 Å². The van der Waals surface area contributed by atoms with E-state index in [1.54, 1.807) is 18.2 Å². The van der Waals surface area contributed by atoms with Gasteiger partial charge in [0, 0.05) is 25.3 Å². The Morgan fingerprint density at radius 3 is 2.60 bits per heavy atom. The van der Waals surface area contributed by atoms with Gasteiger partial charge in [0.15, 0.2) is 17.5 Å². The van der Waals surface area contributed by atoms with Crippen LogP contribution in [0.15, 0.2) is 29.3 Å². The van der Waals surface area contributed by atoms with E-state index < -0.39 is 0 Å². The first kappa shape index (κ1) is 22.8. The predicted molar refractivity (Wildman–Crippen MR) is 119 cm³/mol. The van der Waals surface area contributed by atoms with Crippen LogP contribution < -0.4 is 15.4 Å². The van der Waals surface area contributed by atoms with E-state index in [4.69, 9.17) is 14.5 Å². The highest BCUT2D eigenvalue weighted by Gasteiger charge is 2.39. The maximum Gasteiger partial charge on any atom is 0.191 e. The van der Waals surface area contributed by atoms with Crippen LogP contribution in [0.3, 0.4) is 0 Å². The average molecular weight is 421 g/mol. The van der Waals surface area contributed by atoms with Crippen molar-refractivity contribution in [2.45, 2.75) is 57.6 Å². The van der Waals surface area contributed by atoms with E-state index in [1.807, 2.05) is 6.92 Å². The summed E-state index contributed by atoms with van der Waals surface area (Å²) in [6.45, 7) is 10.2. The van der Waals surface area contributed by atoms with Gasteiger partial charge in [0.1, 0.15) is 6.10 Å². The number of hydrogen-bond donors (Lipinski definition) is 2. The molecule has 6 nitrogen and oxygen atoms in total. The van der Waals surface area contributed by atoms with E-state index >= 15 is 0 Å². The van der Waals surface area contributed by atoms with Crippen molar-refractivity contribution in [1.29, 1.82) is 0 Å². The van der Waals surface area contributed by atoms with Crippen LogP contribution >= 0.6 is 0 Å². The van der Waals surface area contributed by atoms with Crippen LogP contribution in [0.4, 0.5) is 4.39 Å². The Hall–Kier alpha value is -1.86. The van der Waals surface area contributed by atoms with Gasteiger partial charge in [0.25, 0.3) is 0 Å². The lowest BCUT2D eigenvalue weighted by Crippen LogP contribution is -2.54. The molecule has 0 amide bonds. The monoisotopic (exact) mass is 420 g/mol. The molecule has 1 aromatic carbocycles. The molecule has 2 saturated heterocycles. The molecule has 7 heteroatoms. The minimum Gasteiger partial charge on any atom is -0.486 e. The van der Waals surface area contributed by atoms with Gasteiger partial charge in [-0.25, -0.2) is 4.39 Å². The SMILES string of the molecule is CCNC(=NCC1(N2CCCC2)CCOCC1)NCC(CC)Oc1ccccc1F. The Kier molecular flexibility index (Phi) is 8.75. The Bertz CT molecular complexity index is 673. The second kappa shape index (κ2) is 11.5. The molecule has 2 heterocycles. The van der Waals surface area contributed by atoms with Crippen molar-refractivity contribution in [3.05, 3.63) is 30.1 Å². The Balaban J connectivity index is 1.62. The largest absolute Gasteiger partial charge is 0.486 e. The summed E-state index contributed by atoms with van der Waals surface area (Å²) in [5, 5.41) is 6.74. The molecule has 2 fully saturated rings. The molecule has 1 unspecified atom stereocenters. The zero-order valence-corrected chi connectivity index (χ0v) is 18.5. The van der Waals surface area contributed by atoms with Crippen molar-refractivity contribution in [3.63, 3.8) is 0 Å². The molecule has 2 N–H and O–H groups in total. The van der Waals surface area contributed by atoms with Crippen molar-refractivity contribution >= 4 is 5.96 Å². The summed E-state index contributed by atoms with van der Waals surface area (Å²) in [6, 6.07) is 6.55. The third-order valence-corrected chi connectivity index (χ3v) is 6.16. The van der Waals surface area contributed by atoms with E-state index in [9.17, 15) is 4.39 Å². The third kappa shape index (κ3) is 6.08. The molecule has 1 aromatic rings. The molecule has 0 aliphatic carbocycles. The molecular weight excluding hydrogens is 383 g/mol. The normalized spacial score (nSPS) is 20.7. The lowest BCUT2D eigenvalue weighted by Gasteiger charge is -2.43. The number of guanidine groups is 1. The highest BCUT2D eigenvalue weighted by Crippen LogP contribution is 2.31. The molecule has 0 saturated carbocycles. The highest BCUT2D eigenvalue weighted by molar-refractivity contribution is 5.79. The van der Waals surface area contributed by atoms with Crippen LogP contribution in [-0.4, -0.2) is 68.4 Å². The van der Waals surface area contributed by atoms with Gasteiger partial charge in [-0.1, -0.05) is 19.1 Å². The maximum atomic E-state index is 13.9. The fraction of sp³-hybridized carbons (Fsp3) is 0.696. The lowest BCUT2D eigenvalue weighted by atomic mass is 9.88. The first-order valence-corrected chi connectivity index (χ1v) is 11.4. The van der Waals surface area contributed by atoms with Gasteiger partial charge in [0.2, 0.25) is 0 Å². The fourth-order valence-electron chi connectivity index (χ4n) is 4.28. The van der Waals surface area contributed by atoms with Crippen molar-refractivity contribution in [3.8, 4) is 5.75 Å². The summed E-state index contributed by atoms with van der Waals surface area (Å²) < 4.78 is 25.4. The molecule has 0 aromatic heterocycles. The van der Waals surface area contributed by atoms with Gasteiger partial charge in [-0.05, 0) is 64.3 Å². The summed E-state index contributed by atoms with van der Waals surface area (Å²) in [5.74, 6) is 0.755. The average Bonchev–Trinajstić information content (AvgIpc) is 3.32. The number of para-hydroxylation sites is 1. The van der Waals surface area contributed by atoms with Crippen molar-refractivity contribution < 1.29 is 13.9 Å². The quantitative estimate of drug-likeness (QED) is 0.475. The smallest absolute Gasteiger partial charge is 0.191 e. The fourth-order valence-corrected chi connectivity index (χ4v) is 4.28. The molecular formula is C23H37FN4O2. The van der Waals surface area contributed by atoms with Gasteiger partial charge < -0.3 is 20.1 Å². The predicted octanol–water partition coefficient (Wildman–Crippen LogP) is 3.18. The summed E-state index contributed by atoms with van der Waals surface area (Å²) >= 11 is 0. The second-order valence-corrected chi connectivity index (χ2v) is 8.19. The number of halogens is 1. The first-order valence-electron chi connectivity index (χ1n) is 11.4. The molecule has 0 spiro atoms. The van der Waals surface area contributed by atoms with Crippen molar-refractivity contribution in [2.75, 3.05) is 45.9 Å². The molecule has 2 aliphatic heterocycles. The molecule has 1 atom stereocenters. The van der Waals surface area contributed by atoms with Crippen molar-refractivity contribution in [2.24, 2.45) is 4.99 Å². The summed E-state index contributed by atoms with van der Waals surface area (Å²) in [6.07, 6.45) is 5.25. The molecule has 0 radical (unpaired) electrons. The summed E-state index contributed by atoms with van der Waals surface area (Å²) in [4.78, 5) is 7.58. The van der Waals surface area contributed by atoms with Gasteiger partial charge in [-0.3, -0.25) is 9.89 Å². The van der Waals surface area contributed by atoms with Gasteiger partial charge >= 0.3 is 0 Å². The van der Waals surface area contributed by atoms with Gasteiger partial charge in [0.05, 0.1) is 13.1 Å². The molecule has 0 bridgehead atoms. The Morgan fingerprint density at radius 2 is 1.93 bits per heavy atom. The summed E-state index contributed by atoms with van der Waals surface area (Å²) in [7, 11) is 0. The number of likely N-dealkylation sites (tertiary alicyclic amines) is 1. The highest BCUT2D eigenvalue weighted by atomic mass is 19.1. The van der Waals surface area contributed by atoms with Crippen LogP contribution in [0, 0.1) is 5.82 Å². The van der Waals surface area contributed by atoms with Gasteiger partial charge in [-0.2, -0.15) is 0 Å². The van der Waals surface area contributed by atoms with Gasteiger partial charge in [-0.15, -0.1) is 0 Å². The van der Waals surface area contributed by atoms with Crippen LogP contribution in [-0.2, 0) is 4.74 Å². The minimum absolute atomic E-state index is 0.102. The Morgan fingerprint density at radius 1 is 1.20 bits per heavy atom. The number of nitrogens with zero attached hydrogens (tertiary/aromatic N) is 2. The molecule has 30 heavy (non-hydrogen) atoms. The number of aliphatic imine (C=N–C) groups is 1. The van der Waals surface area contributed by atoms with Crippen LogP contribution in [0.25, 0.3) is 0 Å². The molecule has 2 aliphatic rings. The maximum absolute atomic E-state index is 13.9. The van der Waals surface area contributed by atoms with E-state index in [1.165, 1.54) is 18.9 Å². The molecule has 168 valence electrons. The Labute approximate surface area is 180 Å². The van der Waals surface area contributed by atoms with Crippen molar-refractivity contribution in [1.82, 2.24) is 15.5 Å². The van der Waals surface area contributed by atoms with Crippen LogP contribution in [0.2, 0.25) is 0 Å². The minimum atomic E-state index is -0.330. The topological polar surface area (TPSA) is 58.1 Å².